The number of hydrogen-bond donors (Lipinski definition) is 0. The Morgan fingerprint density at radius 3 is 2.27 bits per heavy atom. The van der Waals surface area contributed by atoms with E-state index in [1.165, 1.54) is 24.3 Å². The van der Waals surface area contributed by atoms with Crippen molar-refractivity contribution in [2.24, 2.45) is 5.92 Å². The lowest BCUT2D eigenvalue weighted by Gasteiger charge is -2.41. The van der Waals surface area contributed by atoms with Gasteiger partial charge in [0.1, 0.15) is 34.5 Å². The predicted molar refractivity (Wildman–Crippen MR) is 248 cm³/mol. The van der Waals surface area contributed by atoms with E-state index in [1.807, 2.05) is 71.0 Å². The number of esters is 1. The molecule has 3 atom stereocenters. The van der Waals surface area contributed by atoms with E-state index in [0.717, 1.165) is 57.1 Å². The summed E-state index contributed by atoms with van der Waals surface area (Å²) in [6.07, 6.45) is 12.9. The second kappa shape index (κ2) is 20.0. The third-order valence-electron chi connectivity index (χ3n) is 11.5. The topological polar surface area (TPSA) is 80.6 Å². The van der Waals surface area contributed by atoms with E-state index in [1.54, 1.807) is 26.2 Å². The number of hydrogen-bond acceptors (Lipinski definition) is 9. The number of ether oxygens (including phenoxy) is 6. The highest BCUT2D eigenvalue weighted by molar-refractivity contribution is 7.97. The van der Waals surface area contributed by atoms with Crippen LogP contribution in [0.25, 0.3) is 22.4 Å². The highest BCUT2D eigenvalue weighted by Crippen LogP contribution is 2.51. The Labute approximate surface area is 381 Å². The van der Waals surface area contributed by atoms with Crippen LogP contribution < -0.4 is 14.2 Å². The van der Waals surface area contributed by atoms with Gasteiger partial charge in [0.15, 0.2) is 5.79 Å². The first-order chi connectivity index (χ1) is 30.5. The Kier molecular flexibility index (Phi) is 14.7. The molecule has 3 aromatic carbocycles. The van der Waals surface area contributed by atoms with Gasteiger partial charge >= 0.3 is 5.97 Å². The number of carbonyl (C=O) groups is 1. The minimum atomic E-state index is -0.937. The van der Waals surface area contributed by atoms with Crippen LogP contribution in [0.4, 0.5) is 8.78 Å². The van der Waals surface area contributed by atoms with Crippen molar-refractivity contribution >= 4 is 17.9 Å². The number of carbonyl (C=O) groups excluding carboxylic acids is 1. The molecule has 0 spiro atoms. The molecule has 0 N–H and O–H groups in total. The summed E-state index contributed by atoms with van der Waals surface area (Å²) in [5.74, 6) is 0.114. The maximum atomic E-state index is 14.8. The SMILES string of the molecule is COc1cc(OC)c2c(c1)OCCCC1C=CC=CC=C1N(Sc1c(-c3ccc(F)cc3)c(-c3ccc(F)cc3)n(CCC3CC(CC(=O)OC(C)(C)C)OC(C)(C)O3)c1C(C)C)C2. The first kappa shape index (κ1) is 46.9. The molecule has 3 unspecified atom stereocenters. The molecular formula is C52H62F2N2O7S. The molecule has 12 heteroatoms. The predicted octanol–water partition coefficient (Wildman–Crippen LogP) is 12.6. The zero-order chi connectivity index (χ0) is 45.8. The fourth-order valence-electron chi connectivity index (χ4n) is 8.92. The molecule has 1 fully saturated rings. The summed E-state index contributed by atoms with van der Waals surface area (Å²) >= 11 is 1.64. The van der Waals surface area contributed by atoms with E-state index in [4.69, 9.17) is 28.4 Å². The van der Waals surface area contributed by atoms with Gasteiger partial charge in [-0.25, -0.2) is 8.78 Å². The number of fused-ring (bicyclic) bond motifs is 2. The van der Waals surface area contributed by atoms with Crippen LogP contribution in [0.3, 0.4) is 0 Å². The number of rotatable bonds is 12. The normalized spacial score (nSPS) is 19.8. The second-order valence-electron chi connectivity index (χ2n) is 18.3. The molecule has 0 saturated carbocycles. The molecule has 0 bridgehead atoms. The number of aromatic nitrogens is 1. The summed E-state index contributed by atoms with van der Waals surface area (Å²) in [7, 11) is 3.29. The standard InChI is InChI=1S/C52H62F2N2O7S/c1-33(2)48-50(64-56-32-42-44(59-9)29-40(58-8)30-45(42)60-27-13-15-34-14-11-10-12-16-43(34)56)47(35-17-21-37(53)22-18-35)49(36-19-23-38(54)24-20-36)55(48)26-25-39-28-41(62-52(6,7)61-39)31-46(57)63-51(3,4)5/h10-12,14,16-24,29-30,33-34,39,41H,13,15,25-28,31-32H2,1-9H3. The monoisotopic (exact) mass is 896 g/mol. The summed E-state index contributed by atoms with van der Waals surface area (Å²) < 4.78 is 71.0. The number of benzene rings is 3. The Hall–Kier alpha value is -5.04. The smallest absolute Gasteiger partial charge is 0.308 e. The van der Waals surface area contributed by atoms with Gasteiger partial charge in [-0.2, -0.15) is 0 Å². The van der Waals surface area contributed by atoms with Crippen molar-refractivity contribution in [3.8, 4) is 39.6 Å². The molecule has 342 valence electrons. The Balaban J connectivity index is 1.40. The van der Waals surface area contributed by atoms with Gasteiger partial charge < -0.3 is 37.3 Å². The molecule has 0 radical (unpaired) electrons. The van der Waals surface area contributed by atoms with E-state index < -0.39 is 17.5 Å². The van der Waals surface area contributed by atoms with E-state index in [-0.39, 0.29) is 42.0 Å². The van der Waals surface area contributed by atoms with Crippen molar-refractivity contribution in [3.63, 3.8) is 0 Å². The maximum absolute atomic E-state index is 14.8. The first-order valence-corrected chi connectivity index (χ1v) is 23.0. The number of halogens is 2. The molecule has 1 aliphatic carbocycles. The highest BCUT2D eigenvalue weighted by atomic mass is 32.2. The van der Waals surface area contributed by atoms with Crippen LogP contribution in [-0.2, 0) is 32.1 Å². The Bertz CT molecular complexity index is 2360. The van der Waals surface area contributed by atoms with Gasteiger partial charge in [0.05, 0.1) is 62.2 Å². The summed E-state index contributed by atoms with van der Waals surface area (Å²) in [4.78, 5) is 14.0. The Morgan fingerprint density at radius 1 is 0.922 bits per heavy atom. The molecule has 64 heavy (non-hydrogen) atoms. The molecular weight excluding hydrogens is 835 g/mol. The van der Waals surface area contributed by atoms with Gasteiger partial charge in [-0.3, -0.25) is 4.79 Å². The summed E-state index contributed by atoms with van der Waals surface area (Å²) in [5, 5.41) is 0. The minimum Gasteiger partial charge on any atom is -0.496 e. The lowest BCUT2D eigenvalue weighted by molar-refractivity contribution is -0.301. The molecule has 3 heterocycles. The summed E-state index contributed by atoms with van der Waals surface area (Å²) in [6.45, 7) is 15.2. The first-order valence-electron chi connectivity index (χ1n) is 22.3. The van der Waals surface area contributed by atoms with Crippen molar-refractivity contribution in [2.45, 2.75) is 128 Å². The number of allylic oxidation sites excluding steroid dienone is 5. The van der Waals surface area contributed by atoms with Crippen LogP contribution in [0.5, 0.6) is 17.2 Å². The molecule has 2 aliphatic heterocycles. The molecule has 1 saturated heterocycles. The van der Waals surface area contributed by atoms with Crippen LogP contribution >= 0.6 is 11.9 Å². The second-order valence-corrected chi connectivity index (χ2v) is 19.4. The fraction of sp³-hybridized carbons (Fsp3) is 0.442. The molecule has 9 nitrogen and oxygen atoms in total. The summed E-state index contributed by atoms with van der Waals surface area (Å²) in [6, 6.07) is 17.0. The molecule has 3 aliphatic rings. The van der Waals surface area contributed by atoms with Crippen molar-refractivity contribution in [1.29, 1.82) is 0 Å². The van der Waals surface area contributed by atoms with Crippen LogP contribution in [0, 0.1) is 17.6 Å². The average molecular weight is 897 g/mol. The molecule has 4 aromatic rings. The quantitative estimate of drug-likeness (QED) is 0.102. The van der Waals surface area contributed by atoms with E-state index in [9.17, 15) is 13.6 Å². The maximum Gasteiger partial charge on any atom is 0.308 e. The van der Waals surface area contributed by atoms with Gasteiger partial charge in [0.2, 0.25) is 0 Å². The largest absolute Gasteiger partial charge is 0.496 e. The number of nitrogens with zero attached hydrogens (tertiary/aromatic N) is 2. The zero-order valence-electron chi connectivity index (χ0n) is 38.5. The average Bonchev–Trinajstić information content (AvgIpc) is 3.35. The van der Waals surface area contributed by atoms with E-state index >= 15 is 0 Å². The van der Waals surface area contributed by atoms with Gasteiger partial charge in [-0.05, 0) is 125 Å². The molecule has 7 rings (SSSR count). The van der Waals surface area contributed by atoms with Crippen molar-refractivity contribution in [1.82, 2.24) is 8.87 Å². The minimum absolute atomic E-state index is 0.00304. The van der Waals surface area contributed by atoms with Crippen molar-refractivity contribution in [3.05, 3.63) is 120 Å². The van der Waals surface area contributed by atoms with Crippen molar-refractivity contribution < 1.29 is 42.0 Å². The third-order valence-corrected chi connectivity index (χ3v) is 12.6. The molecule has 1 aromatic heterocycles. The lowest BCUT2D eigenvalue weighted by atomic mass is 9.98. The van der Waals surface area contributed by atoms with Gasteiger partial charge in [-0.15, -0.1) is 0 Å². The number of methoxy groups -OCH3 is 2. The van der Waals surface area contributed by atoms with Gasteiger partial charge in [0, 0.05) is 48.0 Å². The fourth-order valence-corrected chi connectivity index (χ4v) is 10.4. The van der Waals surface area contributed by atoms with Gasteiger partial charge in [0.25, 0.3) is 0 Å². The van der Waals surface area contributed by atoms with Crippen LogP contribution in [0.2, 0.25) is 0 Å². The van der Waals surface area contributed by atoms with Crippen LogP contribution in [-0.4, -0.2) is 59.3 Å². The third kappa shape index (κ3) is 11.2. The summed E-state index contributed by atoms with van der Waals surface area (Å²) in [5.41, 5.74) is 5.87. The molecule has 0 amide bonds. The Morgan fingerprint density at radius 2 is 1.61 bits per heavy atom. The van der Waals surface area contributed by atoms with E-state index in [0.29, 0.717) is 49.8 Å². The lowest BCUT2D eigenvalue weighted by Crippen LogP contribution is -2.46. The van der Waals surface area contributed by atoms with Crippen molar-refractivity contribution in [2.75, 3.05) is 20.8 Å². The highest BCUT2D eigenvalue weighted by Gasteiger charge is 2.38. The zero-order valence-corrected chi connectivity index (χ0v) is 39.4. The van der Waals surface area contributed by atoms with Crippen LogP contribution in [0.15, 0.2) is 102 Å². The van der Waals surface area contributed by atoms with Gasteiger partial charge in [-0.1, -0.05) is 50.3 Å². The van der Waals surface area contributed by atoms with E-state index in [2.05, 4.69) is 53.1 Å². The van der Waals surface area contributed by atoms with Crippen LogP contribution in [0.1, 0.15) is 97.7 Å².